The average molecular weight is 328 g/mol. The van der Waals surface area contributed by atoms with E-state index < -0.39 is 5.63 Å². The highest BCUT2D eigenvalue weighted by Crippen LogP contribution is 2.41. The van der Waals surface area contributed by atoms with Crippen LogP contribution in [0.2, 0.25) is 5.02 Å². The molecule has 4 aromatic rings. The van der Waals surface area contributed by atoms with Crippen LogP contribution in [-0.4, -0.2) is 4.98 Å². The van der Waals surface area contributed by atoms with Crippen molar-refractivity contribution < 1.29 is 4.42 Å². The number of rotatable bonds is 1. The molecule has 0 saturated heterocycles. The molecule has 0 aliphatic carbocycles. The van der Waals surface area contributed by atoms with Crippen LogP contribution in [-0.2, 0) is 0 Å². The highest BCUT2D eigenvalue weighted by Gasteiger charge is 2.17. The summed E-state index contributed by atoms with van der Waals surface area (Å²) in [5.41, 5.74) is 1.22. The number of halogens is 1. The predicted molar refractivity (Wildman–Crippen MR) is 90.8 cm³/mol. The van der Waals surface area contributed by atoms with Crippen LogP contribution in [0.25, 0.3) is 31.8 Å². The number of aromatic nitrogens is 1. The van der Waals surface area contributed by atoms with Gasteiger partial charge >= 0.3 is 5.63 Å². The zero-order chi connectivity index (χ0) is 15.3. The Labute approximate surface area is 134 Å². The second kappa shape index (κ2) is 4.93. The predicted octanol–water partition coefficient (Wildman–Crippen LogP) is 5.03. The van der Waals surface area contributed by atoms with Gasteiger partial charge in [0, 0.05) is 10.1 Å². The molecular weight excluding hydrogens is 318 g/mol. The fourth-order valence-corrected chi connectivity index (χ4v) is 3.87. The molecule has 0 aliphatic heterocycles. The minimum atomic E-state index is -0.391. The third-order valence-electron chi connectivity index (χ3n) is 3.51. The summed E-state index contributed by atoms with van der Waals surface area (Å²) < 4.78 is 6.44. The molecule has 0 spiro atoms. The molecule has 22 heavy (non-hydrogen) atoms. The topological polar surface area (TPSA) is 43.1 Å². The summed E-state index contributed by atoms with van der Waals surface area (Å²) in [4.78, 5) is 17.4. The first kappa shape index (κ1) is 13.5. The molecule has 0 fully saturated rings. The number of aryl methyl sites for hydroxylation is 1. The Morgan fingerprint density at radius 2 is 1.95 bits per heavy atom. The molecule has 2 aromatic heterocycles. The standard InChI is InChI=1S/C17H10ClNO2S/c1-9-6-7-12-11(8-9)17(20)21-16(19-12)15-14(18)10-4-2-3-5-13(10)22-15/h2-8H,1H3. The fourth-order valence-electron chi connectivity index (χ4n) is 2.43. The van der Waals surface area contributed by atoms with E-state index in [1.165, 1.54) is 11.3 Å². The van der Waals surface area contributed by atoms with Crippen LogP contribution in [0.5, 0.6) is 0 Å². The van der Waals surface area contributed by atoms with Crippen LogP contribution in [0.3, 0.4) is 0 Å². The number of benzene rings is 2. The molecule has 2 aromatic carbocycles. The molecule has 0 amide bonds. The first-order valence-electron chi connectivity index (χ1n) is 6.72. The van der Waals surface area contributed by atoms with Gasteiger partial charge in [-0.15, -0.1) is 11.3 Å². The van der Waals surface area contributed by atoms with Crippen LogP contribution in [0.4, 0.5) is 0 Å². The fraction of sp³-hybridized carbons (Fsp3) is 0.0588. The normalized spacial score (nSPS) is 11.4. The Hall–Kier alpha value is -2.17. The van der Waals surface area contributed by atoms with Crippen LogP contribution >= 0.6 is 22.9 Å². The van der Waals surface area contributed by atoms with Gasteiger partial charge in [0.15, 0.2) is 0 Å². The maximum absolute atomic E-state index is 12.2. The molecule has 5 heteroatoms. The minimum absolute atomic E-state index is 0.271. The second-order valence-electron chi connectivity index (χ2n) is 5.07. The smallest absolute Gasteiger partial charge is 0.347 e. The highest BCUT2D eigenvalue weighted by atomic mass is 35.5. The summed E-state index contributed by atoms with van der Waals surface area (Å²) in [6.45, 7) is 1.93. The van der Waals surface area contributed by atoms with Crippen LogP contribution in [0, 0.1) is 6.92 Å². The Bertz CT molecular complexity index is 1080. The van der Waals surface area contributed by atoms with Crippen molar-refractivity contribution in [3.63, 3.8) is 0 Å². The number of fused-ring (bicyclic) bond motifs is 2. The van der Waals surface area contributed by atoms with E-state index >= 15 is 0 Å². The first-order chi connectivity index (χ1) is 10.6. The van der Waals surface area contributed by atoms with Gasteiger partial charge in [0.1, 0.15) is 4.88 Å². The minimum Gasteiger partial charge on any atom is -0.402 e. The van der Waals surface area contributed by atoms with Crippen molar-refractivity contribution in [3.8, 4) is 10.8 Å². The van der Waals surface area contributed by atoms with Gasteiger partial charge in [-0.1, -0.05) is 41.4 Å². The van der Waals surface area contributed by atoms with Gasteiger partial charge in [-0.2, -0.15) is 0 Å². The van der Waals surface area contributed by atoms with Crippen LogP contribution < -0.4 is 5.63 Å². The molecule has 0 aliphatic rings. The number of nitrogens with zero attached hydrogens (tertiary/aromatic N) is 1. The highest BCUT2D eigenvalue weighted by molar-refractivity contribution is 7.23. The third kappa shape index (κ3) is 2.03. The van der Waals surface area contributed by atoms with E-state index in [0.717, 1.165) is 15.6 Å². The van der Waals surface area contributed by atoms with Gasteiger partial charge < -0.3 is 4.42 Å². The van der Waals surface area contributed by atoms with Gasteiger partial charge in [0.05, 0.1) is 15.9 Å². The van der Waals surface area contributed by atoms with Crippen LogP contribution in [0.15, 0.2) is 51.7 Å². The molecule has 0 N–H and O–H groups in total. The third-order valence-corrected chi connectivity index (χ3v) is 5.18. The van der Waals surface area contributed by atoms with Gasteiger partial charge in [0.25, 0.3) is 0 Å². The van der Waals surface area contributed by atoms with E-state index in [-0.39, 0.29) is 5.89 Å². The van der Waals surface area contributed by atoms with Gasteiger partial charge in [-0.05, 0) is 25.1 Å². The van der Waals surface area contributed by atoms with E-state index in [4.69, 9.17) is 16.0 Å². The van der Waals surface area contributed by atoms with E-state index in [2.05, 4.69) is 4.98 Å². The molecule has 3 nitrogen and oxygen atoms in total. The molecule has 4 rings (SSSR count). The summed E-state index contributed by atoms with van der Waals surface area (Å²) in [5.74, 6) is 0.271. The van der Waals surface area contributed by atoms with E-state index in [1.54, 1.807) is 6.07 Å². The van der Waals surface area contributed by atoms with Crippen molar-refractivity contribution >= 4 is 43.9 Å². The summed E-state index contributed by atoms with van der Waals surface area (Å²) in [6, 6.07) is 13.3. The van der Waals surface area contributed by atoms with E-state index in [9.17, 15) is 4.79 Å². The summed E-state index contributed by atoms with van der Waals surface area (Å²) >= 11 is 7.90. The number of hydrogen-bond acceptors (Lipinski definition) is 4. The van der Waals surface area contributed by atoms with Crippen molar-refractivity contribution in [2.75, 3.05) is 0 Å². The molecular formula is C17H10ClNO2S. The van der Waals surface area contributed by atoms with Crippen molar-refractivity contribution in [1.29, 1.82) is 0 Å². The van der Waals surface area contributed by atoms with Crippen LogP contribution in [0.1, 0.15) is 5.56 Å². The average Bonchev–Trinajstić information content (AvgIpc) is 2.85. The molecule has 0 bridgehead atoms. The molecule has 0 unspecified atom stereocenters. The molecule has 0 radical (unpaired) electrons. The zero-order valence-corrected chi connectivity index (χ0v) is 13.2. The van der Waals surface area contributed by atoms with E-state index in [1.807, 2.05) is 43.3 Å². The lowest BCUT2D eigenvalue weighted by molar-refractivity contribution is 0.520. The van der Waals surface area contributed by atoms with Crippen molar-refractivity contribution in [3.05, 3.63) is 63.5 Å². The Kier molecular flexibility index (Phi) is 3.03. The van der Waals surface area contributed by atoms with Gasteiger partial charge in [-0.3, -0.25) is 0 Å². The quantitative estimate of drug-likeness (QED) is 0.492. The number of hydrogen-bond donors (Lipinski definition) is 0. The summed E-state index contributed by atoms with van der Waals surface area (Å²) in [7, 11) is 0. The van der Waals surface area contributed by atoms with Crippen molar-refractivity contribution in [1.82, 2.24) is 4.98 Å². The molecule has 2 heterocycles. The Balaban J connectivity index is 2.02. The lowest BCUT2D eigenvalue weighted by Crippen LogP contribution is -2.02. The van der Waals surface area contributed by atoms with E-state index in [0.29, 0.717) is 20.8 Å². The largest absolute Gasteiger partial charge is 0.402 e. The lowest BCUT2D eigenvalue weighted by Gasteiger charge is -2.01. The second-order valence-corrected chi connectivity index (χ2v) is 6.50. The number of thiophene rings is 1. The van der Waals surface area contributed by atoms with Crippen molar-refractivity contribution in [2.24, 2.45) is 0 Å². The van der Waals surface area contributed by atoms with Gasteiger partial charge in [-0.25, -0.2) is 9.78 Å². The Morgan fingerprint density at radius 3 is 2.77 bits per heavy atom. The maximum Gasteiger partial charge on any atom is 0.347 e. The monoisotopic (exact) mass is 327 g/mol. The molecule has 0 atom stereocenters. The van der Waals surface area contributed by atoms with Crippen molar-refractivity contribution in [2.45, 2.75) is 6.92 Å². The zero-order valence-electron chi connectivity index (χ0n) is 11.6. The molecule has 0 saturated carbocycles. The SMILES string of the molecule is Cc1ccc2nc(-c3sc4ccccc4c3Cl)oc(=O)c2c1. The Morgan fingerprint density at radius 1 is 1.14 bits per heavy atom. The summed E-state index contributed by atoms with van der Waals surface area (Å²) in [6.07, 6.45) is 0. The first-order valence-corrected chi connectivity index (χ1v) is 7.92. The summed E-state index contributed by atoms with van der Waals surface area (Å²) in [5, 5.41) is 2.00. The molecule has 108 valence electrons. The van der Waals surface area contributed by atoms with Gasteiger partial charge in [0.2, 0.25) is 5.89 Å². The maximum atomic E-state index is 12.2. The lowest BCUT2D eigenvalue weighted by atomic mass is 10.2.